The van der Waals surface area contributed by atoms with Crippen LogP contribution in [0.5, 0.6) is 5.75 Å². The second kappa shape index (κ2) is 7.40. The predicted molar refractivity (Wildman–Crippen MR) is 84.8 cm³/mol. The lowest BCUT2D eigenvalue weighted by molar-refractivity contribution is -0.385. The number of nitro benzene ring substituents is 1. The number of aryl methyl sites for hydroxylation is 2. The monoisotopic (exact) mass is 315 g/mol. The highest BCUT2D eigenvalue weighted by Crippen LogP contribution is 2.22. The number of ether oxygens (including phenoxy) is 2. The maximum absolute atomic E-state index is 12.1. The second-order valence-electron chi connectivity index (χ2n) is 4.98. The van der Waals surface area contributed by atoms with Crippen LogP contribution in [0.15, 0.2) is 42.5 Å². The Morgan fingerprint density at radius 2 is 1.74 bits per heavy atom. The Labute approximate surface area is 133 Å². The summed E-state index contributed by atoms with van der Waals surface area (Å²) in [5.41, 5.74) is 1.21. The van der Waals surface area contributed by atoms with Crippen molar-refractivity contribution in [3.63, 3.8) is 0 Å². The van der Waals surface area contributed by atoms with Crippen LogP contribution in [-0.4, -0.2) is 24.1 Å². The van der Waals surface area contributed by atoms with Crippen LogP contribution >= 0.6 is 0 Å². The Bertz CT molecular complexity index is 727. The molecule has 6 heteroatoms. The van der Waals surface area contributed by atoms with Crippen LogP contribution in [-0.2, 0) is 4.74 Å². The van der Waals surface area contributed by atoms with Crippen molar-refractivity contribution >= 4 is 11.7 Å². The lowest BCUT2D eigenvalue weighted by Crippen LogP contribution is -2.15. The molecule has 0 spiro atoms. The largest absolute Gasteiger partial charge is 0.490 e. The molecule has 2 aromatic rings. The maximum Gasteiger partial charge on any atom is 0.345 e. The molecule has 0 atom stereocenters. The molecule has 0 heterocycles. The normalized spacial score (nSPS) is 10.2. The first-order valence-electron chi connectivity index (χ1n) is 7.10. The Morgan fingerprint density at radius 3 is 2.43 bits per heavy atom. The Kier molecular flexibility index (Phi) is 5.30. The van der Waals surface area contributed by atoms with Gasteiger partial charge in [0.2, 0.25) is 0 Å². The van der Waals surface area contributed by atoms with Crippen LogP contribution < -0.4 is 4.74 Å². The molecule has 0 aliphatic carbocycles. The van der Waals surface area contributed by atoms with Crippen molar-refractivity contribution in [3.05, 3.63) is 69.3 Å². The number of hydrogen-bond donors (Lipinski definition) is 0. The minimum Gasteiger partial charge on any atom is -0.490 e. The average molecular weight is 315 g/mol. The molecule has 2 rings (SSSR count). The van der Waals surface area contributed by atoms with Crippen molar-refractivity contribution in [1.29, 1.82) is 0 Å². The first-order valence-corrected chi connectivity index (χ1v) is 7.10. The predicted octanol–water partition coefficient (Wildman–Crippen LogP) is 3.45. The maximum atomic E-state index is 12.1. The van der Waals surface area contributed by atoms with Gasteiger partial charge in [-0.2, -0.15) is 0 Å². The molecule has 0 unspecified atom stereocenters. The van der Waals surface area contributed by atoms with Gasteiger partial charge < -0.3 is 9.47 Å². The lowest BCUT2D eigenvalue weighted by Gasteiger charge is -2.10. The molecule has 0 amide bonds. The smallest absolute Gasteiger partial charge is 0.345 e. The Morgan fingerprint density at radius 1 is 1.04 bits per heavy atom. The van der Waals surface area contributed by atoms with Gasteiger partial charge in [-0.25, -0.2) is 4.79 Å². The number of esters is 1. The number of nitro groups is 1. The van der Waals surface area contributed by atoms with E-state index in [-0.39, 0.29) is 24.5 Å². The molecular formula is C17H17NO5. The summed E-state index contributed by atoms with van der Waals surface area (Å²) in [5, 5.41) is 11.0. The van der Waals surface area contributed by atoms with Crippen LogP contribution in [0.2, 0.25) is 0 Å². The van der Waals surface area contributed by atoms with Gasteiger partial charge in [0.15, 0.2) is 0 Å². The number of rotatable bonds is 6. The van der Waals surface area contributed by atoms with E-state index in [0.717, 1.165) is 5.56 Å². The summed E-state index contributed by atoms with van der Waals surface area (Å²) in [6.07, 6.45) is 0. The average Bonchev–Trinajstić information content (AvgIpc) is 2.52. The molecule has 120 valence electrons. The minimum atomic E-state index is -0.719. The highest BCUT2D eigenvalue weighted by molar-refractivity contribution is 5.95. The lowest BCUT2D eigenvalue weighted by atomic mass is 10.1. The first-order chi connectivity index (χ1) is 11.0. The van der Waals surface area contributed by atoms with Crippen molar-refractivity contribution in [2.45, 2.75) is 13.8 Å². The third kappa shape index (κ3) is 4.06. The molecule has 0 aliphatic heterocycles. The van der Waals surface area contributed by atoms with Crippen LogP contribution in [0, 0.1) is 24.0 Å². The zero-order chi connectivity index (χ0) is 16.8. The summed E-state index contributed by atoms with van der Waals surface area (Å²) in [7, 11) is 0. The topological polar surface area (TPSA) is 78.7 Å². The standard InChI is InChI=1S/C17H17NO5/c1-12-6-3-4-9-15(12)22-10-11-23-17(19)16-13(2)7-5-8-14(16)18(20)21/h3-9H,10-11H2,1-2H3. The summed E-state index contributed by atoms with van der Waals surface area (Å²) in [5.74, 6) is -0.00592. The van der Waals surface area contributed by atoms with Gasteiger partial charge in [0.1, 0.15) is 24.5 Å². The number of benzene rings is 2. The first kappa shape index (κ1) is 16.5. The molecule has 0 saturated heterocycles. The van der Waals surface area contributed by atoms with Crippen molar-refractivity contribution in [2.75, 3.05) is 13.2 Å². The van der Waals surface area contributed by atoms with Crippen LogP contribution in [0.1, 0.15) is 21.5 Å². The summed E-state index contributed by atoms with van der Waals surface area (Å²) in [4.78, 5) is 22.5. The van der Waals surface area contributed by atoms with Gasteiger partial charge in [0, 0.05) is 6.07 Å². The van der Waals surface area contributed by atoms with Gasteiger partial charge in [-0.15, -0.1) is 0 Å². The van der Waals surface area contributed by atoms with Gasteiger partial charge in [-0.1, -0.05) is 30.3 Å². The number of hydrogen-bond acceptors (Lipinski definition) is 5. The number of carbonyl (C=O) groups is 1. The molecule has 0 bridgehead atoms. The van der Waals surface area contributed by atoms with Gasteiger partial charge in [0.25, 0.3) is 5.69 Å². The number of carbonyl (C=O) groups excluding carboxylic acids is 1. The zero-order valence-corrected chi connectivity index (χ0v) is 12.9. The highest BCUT2D eigenvalue weighted by Gasteiger charge is 2.23. The fourth-order valence-electron chi connectivity index (χ4n) is 2.15. The number of nitrogens with zero attached hydrogens (tertiary/aromatic N) is 1. The number of para-hydroxylation sites is 1. The molecule has 6 nitrogen and oxygen atoms in total. The summed E-state index contributed by atoms with van der Waals surface area (Å²) in [6.45, 7) is 3.74. The van der Waals surface area contributed by atoms with E-state index in [1.165, 1.54) is 12.1 Å². The van der Waals surface area contributed by atoms with Crippen LogP contribution in [0.3, 0.4) is 0 Å². The van der Waals surface area contributed by atoms with E-state index in [4.69, 9.17) is 9.47 Å². The van der Waals surface area contributed by atoms with E-state index in [0.29, 0.717) is 11.3 Å². The molecule has 0 fully saturated rings. The summed E-state index contributed by atoms with van der Waals surface area (Å²) >= 11 is 0. The third-order valence-electron chi connectivity index (χ3n) is 3.32. The molecule has 0 aliphatic rings. The minimum absolute atomic E-state index is 0.0126. The second-order valence-corrected chi connectivity index (χ2v) is 4.98. The highest BCUT2D eigenvalue weighted by atomic mass is 16.6. The summed E-state index contributed by atoms with van der Waals surface area (Å²) < 4.78 is 10.6. The van der Waals surface area contributed by atoms with Crippen LogP contribution in [0.25, 0.3) is 0 Å². The quantitative estimate of drug-likeness (QED) is 0.353. The van der Waals surface area contributed by atoms with Crippen molar-refractivity contribution < 1.29 is 19.2 Å². The van der Waals surface area contributed by atoms with Gasteiger partial charge >= 0.3 is 5.97 Å². The van der Waals surface area contributed by atoms with E-state index in [1.54, 1.807) is 13.0 Å². The van der Waals surface area contributed by atoms with E-state index >= 15 is 0 Å². The molecule has 2 aromatic carbocycles. The zero-order valence-electron chi connectivity index (χ0n) is 12.9. The molecule has 23 heavy (non-hydrogen) atoms. The van der Waals surface area contributed by atoms with E-state index in [9.17, 15) is 14.9 Å². The fraction of sp³-hybridized carbons (Fsp3) is 0.235. The molecule has 0 radical (unpaired) electrons. The molecule has 0 aromatic heterocycles. The summed E-state index contributed by atoms with van der Waals surface area (Å²) in [6, 6.07) is 11.9. The fourth-order valence-corrected chi connectivity index (χ4v) is 2.15. The molecule has 0 saturated carbocycles. The van der Waals surface area contributed by atoms with E-state index < -0.39 is 10.9 Å². The van der Waals surface area contributed by atoms with Crippen LogP contribution in [0.4, 0.5) is 5.69 Å². The van der Waals surface area contributed by atoms with Crippen molar-refractivity contribution in [3.8, 4) is 5.75 Å². The van der Waals surface area contributed by atoms with E-state index in [2.05, 4.69) is 0 Å². The van der Waals surface area contributed by atoms with Crippen molar-refractivity contribution in [2.24, 2.45) is 0 Å². The molecular weight excluding hydrogens is 298 g/mol. The molecule has 0 N–H and O–H groups in total. The van der Waals surface area contributed by atoms with Crippen molar-refractivity contribution in [1.82, 2.24) is 0 Å². The van der Waals surface area contributed by atoms with Gasteiger partial charge in [0.05, 0.1) is 4.92 Å². The van der Waals surface area contributed by atoms with E-state index in [1.807, 2.05) is 31.2 Å². The Hall–Kier alpha value is -2.89. The van der Waals surface area contributed by atoms with Gasteiger partial charge in [-0.3, -0.25) is 10.1 Å². The SMILES string of the molecule is Cc1ccccc1OCCOC(=O)c1c(C)cccc1[N+](=O)[O-]. The van der Waals surface area contributed by atoms with Gasteiger partial charge in [-0.05, 0) is 31.0 Å². The third-order valence-corrected chi connectivity index (χ3v) is 3.32. The Balaban J connectivity index is 1.96.